The Kier molecular flexibility index (Phi) is 7.42. The molecule has 24 heavy (non-hydrogen) atoms. The van der Waals surface area contributed by atoms with Gasteiger partial charge in [-0.1, -0.05) is 13.0 Å². The molecule has 0 unspecified atom stereocenters. The van der Waals surface area contributed by atoms with Crippen LogP contribution in [-0.2, 0) is 19.5 Å². The normalized spacial score (nSPS) is 15.3. The van der Waals surface area contributed by atoms with Crippen LogP contribution < -0.4 is 10.2 Å². The molecule has 0 spiro atoms. The smallest absolute Gasteiger partial charge is 0.133 e. The number of nitrogens with one attached hydrogen (secondary N) is 1. The largest absolute Gasteiger partial charge is 0.354 e. The van der Waals surface area contributed by atoms with Gasteiger partial charge in [0.1, 0.15) is 5.82 Å². The molecule has 0 amide bonds. The maximum absolute atomic E-state index is 4.62. The van der Waals surface area contributed by atoms with Gasteiger partial charge in [0.2, 0.25) is 0 Å². The second-order valence-corrected chi connectivity index (χ2v) is 6.91. The third kappa shape index (κ3) is 4.89. The van der Waals surface area contributed by atoms with Gasteiger partial charge in [0.15, 0.2) is 0 Å². The van der Waals surface area contributed by atoms with Crippen molar-refractivity contribution >= 4 is 29.6 Å². The van der Waals surface area contributed by atoms with E-state index in [1.54, 1.807) is 11.3 Å². The molecule has 132 valence electrons. The minimum atomic E-state index is 0. The maximum Gasteiger partial charge on any atom is 0.133 e. The number of nitrogens with zero attached hydrogens (tertiary/aromatic N) is 4. The van der Waals surface area contributed by atoms with Crippen molar-refractivity contribution in [3.8, 4) is 0 Å². The average Bonchev–Trinajstić information content (AvgIpc) is 3.04. The highest BCUT2D eigenvalue weighted by molar-refractivity contribution is 7.09. The van der Waals surface area contributed by atoms with Crippen molar-refractivity contribution in [2.75, 3.05) is 38.1 Å². The van der Waals surface area contributed by atoms with Crippen molar-refractivity contribution in [1.29, 1.82) is 0 Å². The highest BCUT2D eigenvalue weighted by Crippen LogP contribution is 2.19. The number of halogens is 1. The molecule has 0 aromatic carbocycles. The number of thiazole rings is 1. The first kappa shape index (κ1) is 19.1. The first-order valence-corrected chi connectivity index (χ1v) is 9.15. The van der Waals surface area contributed by atoms with Crippen LogP contribution in [0.4, 0.5) is 5.82 Å². The first-order chi connectivity index (χ1) is 11.3. The fraction of sp³-hybridized carbons (Fsp3) is 0.529. The summed E-state index contributed by atoms with van der Waals surface area (Å²) in [5.74, 6) is 1.13. The molecule has 5 nitrogen and oxygen atoms in total. The number of piperazine rings is 1. The van der Waals surface area contributed by atoms with Gasteiger partial charge >= 0.3 is 0 Å². The molecule has 3 heterocycles. The van der Waals surface area contributed by atoms with Gasteiger partial charge in [-0.15, -0.1) is 23.7 Å². The monoisotopic (exact) mass is 367 g/mol. The molecule has 3 rings (SSSR count). The lowest BCUT2D eigenvalue weighted by Gasteiger charge is -2.34. The lowest BCUT2D eigenvalue weighted by molar-refractivity contribution is 0.311. The Labute approximate surface area is 154 Å². The second kappa shape index (κ2) is 9.32. The summed E-state index contributed by atoms with van der Waals surface area (Å²) in [6.07, 6.45) is 2.91. The van der Waals surface area contributed by atoms with Crippen LogP contribution in [0.25, 0.3) is 0 Å². The van der Waals surface area contributed by atoms with Crippen LogP contribution in [0, 0.1) is 0 Å². The highest BCUT2D eigenvalue weighted by atomic mass is 35.5. The summed E-state index contributed by atoms with van der Waals surface area (Å²) in [6.45, 7) is 8.08. The van der Waals surface area contributed by atoms with Gasteiger partial charge in [-0.25, -0.2) is 9.97 Å². The Morgan fingerprint density at radius 1 is 1.21 bits per heavy atom. The van der Waals surface area contributed by atoms with Crippen molar-refractivity contribution in [3.63, 3.8) is 0 Å². The zero-order chi connectivity index (χ0) is 16.1. The molecule has 2 aromatic heterocycles. The fourth-order valence-corrected chi connectivity index (χ4v) is 3.53. The lowest BCUT2D eigenvalue weighted by Crippen LogP contribution is -2.45. The molecule has 0 aliphatic carbocycles. The number of pyridine rings is 1. The Bertz CT molecular complexity index is 625. The molecule has 0 radical (unpaired) electrons. The van der Waals surface area contributed by atoms with E-state index in [-0.39, 0.29) is 12.4 Å². The molecule has 0 atom stereocenters. The first-order valence-electron chi connectivity index (χ1n) is 8.27. The minimum Gasteiger partial charge on any atom is -0.354 e. The van der Waals surface area contributed by atoms with Gasteiger partial charge in [-0.05, 0) is 19.5 Å². The second-order valence-electron chi connectivity index (χ2n) is 5.97. The highest BCUT2D eigenvalue weighted by Gasteiger charge is 2.17. The quantitative estimate of drug-likeness (QED) is 0.850. The molecule has 7 heteroatoms. The van der Waals surface area contributed by atoms with E-state index < -0.39 is 0 Å². The average molecular weight is 368 g/mol. The van der Waals surface area contributed by atoms with Crippen molar-refractivity contribution in [2.45, 2.75) is 26.4 Å². The number of rotatable bonds is 6. The summed E-state index contributed by atoms with van der Waals surface area (Å²) >= 11 is 1.75. The van der Waals surface area contributed by atoms with Crippen molar-refractivity contribution in [2.24, 2.45) is 0 Å². The Balaban J connectivity index is 0.00000208. The van der Waals surface area contributed by atoms with Crippen molar-refractivity contribution in [3.05, 3.63) is 40.0 Å². The van der Waals surface area contributed by atoms with Crippen LogP contribution in [0.3, 0.4) is 0 Å². The lowest BCUT2D eigenvalue weighted by atomic mass is 10.2. The third-order valence-electron chi connectivity index (χ3n) is 4.19. The molecule has 1 saturated heterocycles. The van der Waals surface area contributed by atoms with Gasteiger partial charge in [-0.2, -0.15) is 0 Å². The standard InChI is InChI=1S/C17H25N5S.ClH/c1-3-16-20-15(13-23-16)12-18-11-14-5-4-6-19-17(14)22-9-7-21(2)8-10-22;/h4-6,13,18H,3,7-12H2,1-2H3;1H. The van der Waals surface area contributed by atoms with Crippen LogP contribution >= 0.6 is 23.7 Å². The van der Waals surface area contributed by atoms with E-state index in [9.17, 15) is 0 Å². The number of aryl methyl sites for hydroxylation is 1. The van der Waals surface area contributed by atoms with Gasteiger partial charge in [-0.3, -0.25) is 0 Å². The predicted octanol–water partition coefficient (Wildman–Crippen LogP) is 2.56. The zero-order valence-electron chi connectivity index (χ0n) is 14.4. The minimum absolute atomic E-state index is 0. The van der Waals surface area contributed by atoms with E-state index in [0.29, 0.717) is 0 Å². The number of likely N-dealkylation sites (N-methyl/N-ethyl adjacent to an activating group) is 1. The number of anilines is 1. The summed E-state index contributed by atoms with van der Waals surface area (Å²) < 4.78 is 0. The van der Waals surface area contributed by atoms with E-state index in [1.165, 1.54) is 10.6 Å². The molecule has 2 aromatic rings. The number of hydrogen-bond acceptors (Lipinski definition) is 6. The van der Waals surface area contributed by atoms with Crippen molar-refractivity contribution in [1.82, 2.24) is 20.2 Å². The van der Waals surface area contributed by atoms with Gasteiger partial charge in [0.05, 0.1) is 10.7 Å². The predicted molar refractivity (Wildman–Crippen MR) is 103 cm³/mol. The summed E-state index contributed by atoms with van der Waals surface area (Å²) in [4.78, 5) is 14.0. The Morgan fingerprint density at radius 3 is 2.71 bits per heavy atom. The van der Waals surface area contributed by atoms with Crippen LogP contribution in [0.2, 0.25) is 0 Å². The van der Waals surface area contributed by atoms with Crippen LogP contribution in [-0.4, -0.2) is 48.1 Å². The van der Waals surface area contributed by atoms with Crippen molar-refractivity contribution < 1.29 is 0 Å². The zero-order valence-corrected chi connectivity index (χ0v) is 16.0. The van der Waals surface area contributed by atoms with E-state index in [1.807, 2.05) is 12.3 Å². The van der Waals surface area contributed by atoms with E-state index >= 15 is 0 Å². The van der Waals surface area contributed by atoms with Gasteiger partial charge in [0, 0.05) is 56.4 Å². The number of hydrogen-bond donors (Lipinski definition) is 1. The van der Waals surface area contributed by atoms with E-state index in [4.69, 9.17) is 0 Å². The van der Waals surface area contributed by atoms with E-state index in [2.05, 4.69) is 50.5 Å². The molecular weight excluding hydrogens is 342 g/mol. The van der Waals surface area contributed by atoms with Crippen LogP contribution in [0.15, 0.2) is 23.7 Å². The maximum atomic E-state index is 4.62. The summed E-state index contributed by atoms with van der Waals surface area (Å²) in [7, 11) is 2.18. The molecular formula is C17H26ClN5S. The van der Waals surface area contributed by atoms with Crippen LogP contribution in [0.5, 0.6) is 0 Å². The molecule has 1 aliphatic heterocycles. The molecule has 1 N–H and O–H groups in total. The molecule has 0 saturated carbocycles. The molecule has 0 bridgehead atoms. The topological polar surface area (TPSA) is 44.3 Å². The summed E-state index contributed by atoms with van der Waals surface area (Å²) in [6, 6.07) is 4.20. The SMILES string of the molecule is CCc1nc(CNCc2cccnc2N2CCN(C)CC2)cs1.Cl. The van der Waals surface area contributed by atoms with Gasteiger partial charge in [0.25, 0.3) is 0 Å². The Morgan fingerprint density at radius 2 is 2.00 bits per heavy atom. The summed E-state index contributed by atoms with van der Waals surface area (Å²) in [5.41, 5.74) is 2.40. The van der Waals surface area contributed by atoms with E-state index in [0.717, 1.165) is 57.2 Å². The molecule has 1 aliphatic rings. The van der Waals surface area contributed by atoms with Crippen LogP contribution in [0.1, 0.15) is 23.2 Å². The molecule has 1 fully saturated rings. The summed E-state index contributed by atoms with van der Waals surface area (Å²) in [5, 5.41) is 6.87. The Hall–Kier alpha value is -1.21. The fourth-order valence-electron chi connectivity index (χ4n) is 2.79. The number of aromatic nitrogens is 2. The van der Waals surface area contributed by atoms with Gasteiger partial charge < -0.3 is 15.1 Å². The third-order valence-corrected chi connectivity index (χ3v) is 5.24.